The van der Waals surface area contributed by atoms with Crippen LogP contribution in [0.1, 0.15) is 57.3 Å². The first-order valence-corrected chi connectivity index (χ1v) is 7.58. The summed E-state index contributed by atoms with van der Waals surface area (Å²) in [7, 11) is 0. The number of carbonyl (C=O) groups excluding carboxylic acids is 3. The lowest BCUT2D eigenvalue weighted by Crippen LogP contribution is -2.30. The molecule has 0 aliphatic carbocycles. The lowest BCUT2D eigenvalue weighted by atomic mass is 10.1. The molecule has 0 fully saturated rings. The van der Waals surface area contributed by atoms with Gasteiger partial charge in [0.15, 0.2) is 0 Å². The number of amides is 3. The summed E-state index contributed by atoms with van der Waals surface area (Å²) < 4.78 is 0. The number of halogens is 1. The van der Waals surface area contributed by atoms with Gasteiger partial charge in [-0.2, -0.15) is 0 Å². The fourth-order valence-corrected chi connectivity index (χ4v) is 2.36. The Labute approximate surface area is 141 Å². The third kappa shape index (κ3) is 4.09. The van der Waals surface area contributed by atoms with Crippen LogP contribution in [-0.4, -0.2) is 42.3 Å². The van der Waals surface area contributed by atoms with Crippen LogP contribution in [0.15, 0.2) is 18.2 Å². The number of rotatable bonds is 7. The van der Waals surface area contributed by atoms with E-state index < -0.39 is 0 Å². The molecule has 0 radical (unpaired) electrons. The summed E-state index contributed by atoms with van der Waals surface area (Å²) in [5.74, 6) is -0.850. The Morgan fingerprint density at radius 3 is 2.52 bits per heavy atom. The second kappa shape index (κ2) is 8.64. The molecule has 1 aliphatic heterocycles. The highest BCUT2D eigenvalue weighted by molar-refractivity contribution is 6.22. The number of hydrogen-bond donors (Lipinski definition) is 2. The van der Waals surface area contributed by atoms with Crippen molar-refractivity contribution in [1.82, 2.24) is 10.2 Å². The molecule has 0 aromatic heterocycles. The molecule has 2 rings (SSSR count). The molecule has 0 bridgehead atoms. The van der Waals surface area contributed by atoms with E-state index in [1.807, 2.05) is 6.92 Å². The van der Waals surface area contributed by atoms with Gasteiger partial charge >= 0.3 is 0 Å². The molecular weight excluding hydrogens is 318 g/mol. The SMILES string of the molecule is CCCCN1C(=O)c2ccc(C(=O)NCCCN)cc2C1=O.Cl. The van der Waals surface area contributed by atoms with Crippen molar-refractivity contribution in [3.05, 3.63) is 34.9 Å². The molecular formula is C16H22ClN3O3. The molecule has 0 atom stereocenters. The number of imide groups is 1. The molecule has 0 saturated carbocycles. The average molecular weight is 340 g/mol. The molecule has 1 aliphatic rings. The van der Waals surface area contributed by atoms with E-state index in [9.17, 15) is 14.4 Å². The minimum absolute atomic E-state index is 0. The van der Waals surface area contributed by atoms with Crippen molar-refractivity contribution < 1.29 is 14.4 Å². The van der Waals surface area contributed by atoms with Crippen LogP contribution < -0.4 is 11.1 Å². The lowest BCUT2D eigenvalue weighted by Gasteiger charge is -2.12. The lowest BCUT2D eigenvalue weighted by molar-refractivity contribution is 0.0652. The van der Waals surface area contributed by atoms with Crippen LogP contribution in [-0.2, 0) is 0 Å². The van der Waals surface area contributed by atoms with Gasteiger partial charge in [0, 0.05) is 18.7 Å². The zero-order chi connectivity index (χ0) is 16.1. The van der Waals surface area contributed by atoms with Crippen LogP contribution in [0.5, 0.6) is 0 Å². The zero-order valence-electron chi connectivity index (χ0n) is 13.1. The number of carbonyl (C=O) groups is 3. The predicted octanol–water partition coefficient (Wildman–Crippen LogP) is 1.58. The molecule has 0 unspecified atom stereocenters. The summed E-state index contributed by atoms with van der Waals surface area (Å²) in [5, 5.41) is 2.73. The van der Waals surface area contributed by atoms with Gasteiger partial charge in [0.1, 0.15) is 0 Å². The van der Waals surface area contributed by atoms with E-state index in [4.69, 9.17) is 5.73 Å². The summed E-state index contributed by atoms with van der Waals surface area (Å²) in [6, 6.07) is 4.63. The molecule has 6 nitrogen and oxygen atoms in total. The second-order valence-electron chi connectivity index (χ2n) is 5.27. The largest absolute Gasteiger partial charge is 0.352 e. The Morgan fingerprint density at radius 1 is 1.17 bits per heavy atom. The molecule has 3 amide bonds. The second-order valence-corrected chi connectivity index (χ2v) is 5.27. The third-order valence-electron chi connectivity index (χ3n) is 3.63. The summed E-state index contributed by atoms with van der Waals surface area (Å²) in [6.45, 7) is 3.41. The number of nitrogens with one attached hydrogen (secondary N) is 1. The molecule has 1 aromatic rings. The highest BCUT2D eigenvalue weighted by Crippen LogP contribution is 2.24. The van der Waals surface area contributed by atoms with E-state index in [1.165, 1.54) is 11.0 Å². The van der Waals surface area contributed by atoms with Crippen LogP contribution in [0.3, 0.4) is 0 Å². The van der Waals surface area contributed by atoms with Gasteiger partial charge in [-0.1, -0.05) is 13.3 Å². The molecule has 7 heteroatoms. The average Bonchev–Trinajstić information content (AvgIpc) is 2.76. The van der Waals surface area contributed by atoms with Gasteiger partial charge < -0.3 is 11.1 Å². The van der Waals surface area contributed by atoms with E-state index in [0.29, 0.717) is 42.7 Å². The summed E-state index contributed by atoms with van der Waals surface area (Å²) in [4.78, 5) is 37.8. The molecule has 23 heavy (non-hydrogen) atoms. The van der Waals surface area contributed by atoms with Crippen molar-refractivity contribution in [3.63, 3.8) is 0 Å². The van der Waals surface area contributed by atoms with E-state index in [1.54, 1.807) is 12.1 Å². The quantitative estimate of drug-likeness (QED) is 0.582. The highest BCUT2D eigenvalue weighted by Gasteiger charge is 2.35. The third-order valence-corrected chi connectivity index (χ3v) is 3.63. The molecule has 0 saturated heterocycles. The Morgan fingerprint density at radius 2 is 1.87 bits per heavy atom. The van der Waals surface area contributed by atoms with Crippen molar-refractivity contribution in [2.45, 2.75) is 26.2 Å². The van der Waals surface area contributed by atoms with E-state index in [2.05, 4.69) is 5.32 Å². The van der Waals surface area contributed by atoms with Crippen molar-refractivity contribution in [3.8, 4) is 0 Å². The number of fused-ring (bicyclic) bond motifs is 1. The van der Waals surface area contributed by atoms with Gasteiger partial charge in [-0.25, -0.2) is 0 Å². The Bertz CT molecular complexity index is 604. The monoisotopic (exact) mass is 339 g/mol. The Balaban J connectivity index is 0.00000264. The number of hydrogen-bond acceptors (Lipinski definition) is 4. The van der Waals surface area contributed by atoms with Gasteiger partial charge in [0.25, 0.3) is 17.7 Å². The van der Waals surface area contributed by atoms with Crippen molar-refractivity contribution in [2.24, 2.45) is 5.73 Å². The number of nitrogens with zero attached hydrogens (tertiary/aromatic N) is 1. The van der Waals surface area contributed by atoms with Gasteiger partial charge in [0.05, 0.1) is 11.1 Å². The minimum Gasteiger partial charge on any atom is -0.352 e. The van der Waals surface area contributed by atoms with Crippen LogP contribution in [0.4, 0.5) is 0 Å². The fourth-order valence-electron chi connectivity index (χ4n) is 2.36. The summed E-state index contributed by atoms with van der Waals surface area (Å²) >= 11 is 0. The first-order chi connectivity index (χ1) is 10.6. The van der Waals surface area contributed by atoms with Gasteiger partial charge in [-0.15, -0.1) is 12.4 Å². The number of unbranched alkanes of at least 4 members (excludes halogenated alkanes) is 1. The first kappa shape index (κ1) is 19.1. The maximum Gasteiger partial charge on any atom is 0.261 e. The topological polar surface area (TPSA) is 92.5 Å². The molecule has 0 spiro atoms. The van der Waals surface area contributed by atoms with Crippen LogP contribution in [0, 0.1) is 0 Å². The highest BCUT2D eigenvalue weighted by atomic mass is 35.5. The van der Waals surface area contributed by atoms with Crippen molar-refractivity contribution >= 4 is 30.1 Å². The van der Waals surface area contributed by atoms with E-state index in [-0.39, 0.29) is 30.1 Å². The fraction of sp³-hybridized carbons (Fsp3) is 0.438. The Hall–Kier alpha value is -1.92. The normalized spacial score (nSPS) is 12.9. The smallest absolute Gasteiger partial charge is 0.261 e. The van der Waals surface area contributed by atoms with Crippen LogP contribution in [0.2, 0.25) is 0 Å². The van der Waals surface area contributed by atoms with Gasteiger partial charge in [0.2, 0.25) is 0 Å². The summed E-state index contributed by atoms with van der Waals surface area (Å²) in [5.41, 5.74) is 6.45. The molecule has 1 aromatic carbocycles. The minimum atomic E-state index is -0.315. The van der Waals surface area contributed by atoms with E-state index in [0.717, 1.165) is 12.8 Å². The van der Waals surface area contributed by atoms with Crippen LogP contribution in [0.25, 0.3) is 0 Å². The molecule has 1 heterocycles. The number of nitrogens with two attached hydrogens (primary N) is 1. The van der Waals surface area contributed by atoms with Gasteiger partial charge in [-0.05, 0) is 37.6 Å². The van der Waals surface area contributed by atoms with Crippen molar-refractivity contribution in [2.75, 3.05) is 19.6 Å². The maximum absolute atomic E-state index is 12.3. The first-order valence-electron chi connectivity index (χ1n) is 7.58. The summed E-state index contributed by atoms with van der Waals surface area (Å²) in [6.07, 6.45) is 2.37. The maximum atomic E-state index is 12.3. The molecule has 3 N–H and O–H groups in total. The van der Waals surface area contributed by atoms with Crippen LogP contribution >= 0.6 is 12.4 Å². The Kier molecular flexibility index (Phi) is 7.19. The zero-order valence-corrected chi connectivity index (χ0v) is 13.9. The van der Waals surface area contributed by atoms with E-state index >= 15 is 0 Å². The van der Waals surface area contributed by atoms with Gasteiger partial charge in [-0.3, -0.25) is 19.3 Å². The number of benzene rings is 1. The predicted molar refractivity (Wildman–Crippen MR) is 90.0 cm³/mol. The standard InChI is InChI=1S/C16H21N3O3.ClH/c1-2-3-9-19-15(21)12-6-5-11(10-13(12)16(19)22)14(20)18-8-4-7-17;/h5-6,10H,2-4,7-9,17H2,1H3,(H,18,20);1H. The van der Waals surface area contributed by atoms with Crippen molar-refractivity contribution in [1.29, 1.82) is 0 Å². The molecule has 126 valence electrons.